The predicted molar refractivity (Wildman–Crippen MR) is 45.7 cm³/mol. The molecule has 1 aliphatic rings. The molecule has 1 unspecified atom stereocenters. The van der Waals surface area contributed by atoms with Crippen LogP contribution >= 0.6 is 0 Å². The third-order valence-corrected chi connectivity index (χ3v) is 2.39. The lowest BCUT2D eigenvalue weighted by atomic mass is 10.1. The summed E-state index contributed by atoms with van der Waals surface area (Å²) in [4.78, 5) is 10.5. The Morgan fingerprint density at radius 2 is 1.86 bits per heavy atom. The minimum atomic E-state index is -2.59. The van der Waals surface area contributed by atoms with E-state index in [4.69, 9.17) is 5.11 Å². The van der Waals surface area contributed by atoms with Crippen molar-refractivity contribution in [2.24, 2.45) is 0 Å². The van der Waals surface area contributed by atoms with Crippen LogP contribution in [0, 0.1) is 0 Å². The fourth-order valence-corrected chi connectivity index (χ4v) is 1.43. The maximum atomic E-state index is 12.6. The Balaban J connectivity index is 2.20. The molecule has 0 heterocycles. The Morgan fingerprint density at radius 3 is 2.21 bits per heavy atom. The van der Waals surface area contributed by atoms with Gasteiger partial charge in [0.05, 0.1) is 11.5 Å². The van der Waals surface area contributed by atoms with Crippen LogP contribution in [0.2, 0.25) is 0 Å². The van der Waals surface area contributed by atoms with Crippen molar-refractivity contribution in [1.29, 1.82) is 0 Å². The summed E-state index contributed by atoms with van der Waals surface area (Å²) in [5, 5.41) is 8.58. The van der Waals surface area contributed by atoms with Crippen LogP contribution in [0.3, 0.4) is 0 Å². The lowest BCUT2D eigenvalue weighted by Crippen LogP contribution is -1.97. The number of carboxylic acids is 1. The van der Waals surface area contributed by atoms with E-state index in [2.05, 4.69) is 0 Å². The number of hydrogen-bond acceptors (Lipinski definition) is 1. The van der Waals surface area contributed by atoms with Crippen LogP contribution in [-0.4, -0.2) is 17.0 Å². The quantitative estimate of drug-likeness (QED) is 0.792. The number of alkyl halides is 2. The van der Waals surface area contributed by atoms with Gasteiger partial charge in [-0.1, -0.05) is 12.1 Å². The van der Waals surface area contributed by atoms with Crippen molar-refractivity contribution >= 4 is 5.97 Å². The van der Waals surface area contributed by atoms with E-state index in [0.717, 1.165) is 0 Å². The van der Waals surface area contributed by atoms with Gasteiger partial charge in [-0.05, 0) is 17.7 Å². The van der Waals surface area contributed by atoms with Gasteiger partial charge in [0.2, 0.25) is 0 Å². The van der Waals surface area contributed by atoms with Crippen LogP contribution in [0.1, 0.15) is 28.3 Å². The van der Waals surface area contributed by atoms with E-state index < -0.39 is 17.8 Å². The molecule has 1 atom stereocenters. The number of hydrogen-bond donors (Lipinski definition) is 1. The molecule has 0 bridgehead atoms. The van der Waals surface area contributed by atoms with Crippen LogP contribution in [0.25, 0.3) is 0 Å². The van der Waals surface area contributed by atoms with Crippen molar-refractivity contribution < 1.29 is 18.7 Å². The number of carboxylic acid groups (broad SMARTS) is 1. The molecule has 0 aliphatic heterocycles. The first-order valence-electron chi connectivity index (χ1n) is 4.22. The standard InChI is InChI=1S/C10H8F2O2/c11-10(12)5-8(10)6-1-3-7(4-2-6)9(13)14/h1-4,8H,5H2,(H,13,14). The number of benzene rings is 1. The second kappa shape index (κ2) is 2.77. The van der Waals surface area contributed by atoms with Gasteiger partial charge in [0.15, 0.2) is 0 Å². The Kier molecular flexibility index (Phi) is 1.80. The molecule has 0 saturated heterocycles. The second-order valence-corrected chi connectivity index (χ2v) is 3.44. The van der Waals surface area contributed by atoms with Crippen molar-refractivity contribution in [3.63, 3.8) is 0 Å². The molecule has 74 valence electrons. The third kappa shape index (κ3) is 1.47. The zero-order valence-corrected chi connectivity index (χ0v) is 7.21. The van der Waals surface area contributed by atoms with Crippen LogP contribution in [-0.2, 0) is 0 Å². The number of halogens is 2. The van der Waals surface area contributed by atoms with Gasteiger partial charge >= 0.3 is 5.97 Å². The van der Waals surface area contributed by atoms with Crippen molar-refractivity contribution in [2.45, 2.75) is 18.3 Å². The second-order valence-electron chi connectivity index (χ2n) is 3.44. The summed E-state index contributed by atoms with van der Waals surface area (Å²) < 4.78 is 25.2. The molecule has 1 aliphatic carbocycles. The molecule has 0 amide bonds. The zero-order chi connectivity index (χ0) is 10.3. The molecule has 0 aromatic heterocycles. The van der Waals surface area contributed by atoms with E-state index in [1.54, 1.807) is 0 Å². The molecule has 1 aromatic carbocycles. The van der Waals surface area contributed by atoms with Crippen LogP contribution in [0.15, 0.2) is 24.3 Å². The minimum absolute atomic E-state index is 0.123. The Hall–Kier alpha value is -1.45. The van der Waals surface area contributed by atoms with Gasteiger partial charge in [-0.25, -0.2) is 13.6 Å². The Morgan fingerprint density at radius 1 is 1.36 bits per heavy atom. The van der Waals surface area contributed by atoms with Gasteiger partial charge in [0.1, 0.15) is 0 Å². The van der Waals surface area contributed by atoms with E-state index in [0.29, 0.717) is 5.56 Å². The fraction of sp³-hybridized carbons (Fsp3) is 0.300. The Bertz CT molecular complexity index is 370. The van der Waals surface area contributed by atoms with Crippen LogP contribution in [0.5, 0.6) is 0 Å². The highest BCUT2D eigenvalue weighted by atomic mass is 19.3. The van der Waals surface area contributed by atoms with Gasteiger partial charge in [0, 0.05) is 6.42 Å². The molecule has 1 saturated carbocycles. The topological polar surface area (TPSA) is 37.3 Å². The molecule has 1 fully saturated rings. The zero-order valence-electron chi connectivity index (χ0n) is 7.21. The summed E-state index contributed by atoms with van der Waals surface area (Å²) in [5.41, 5.74) is 0.637. The average Bonchev–Trinajstić information content (AvgIpc) is 2.75. The van der Waals surface area contributed by atoms with Gasteiger partial charge in [-0.2, -0.15) is 0 Å². The first-order chi connectivity index (χ1) is 6.50. The molecule has 2 nitrogen and oxygen atoms in total. The van der Waals surface area contributed by atoms with Gasteiger partial charge in [-0.15, -0.1) is 0 Å². The minimum Gasteiger partial charge on any atom is -0.478 e. The van der Waals surface area contributed by atoms with E-state index in [1.165, 1.54) is 24.3 Å². The summed E-state index contributed by atoms with van der Waals surface area (Å²) in [7, 11) is 0. The smallest absolute Gasteiger partial charge is 0.335 e. The lowest BCUT2D eigenvalue weighted by molar-refractivity contribution is 0.0697. The van der Waals surface area contributed by atoms with Crippen LogP contribution < -0.4 is 0 Å². The average molecular weight is 198 g/mol. The number of aromatic carboxylic acids is 1. The van der Waals surface area contributed by atoms with E-state index in [1.807, 2.05) is 0 Å². The van der Waals surface area contributed by atoms with Gasteiger partial charge in [-0.3, -0.25) is 0 Å². The van der Waals surface area contributed by atoms with E-state index in [-0.39, 0.29) is 12.0 Å². The molecular formula is C10H8F2O2. The molecule has 1 N–H and O–H groups in total. The van der Waals surface area contributed by atoms with Crippen LogP contribution in [0.4, 0.5) is 8.78 Å². The highest BCUT2D eigenvalue weighted by Crippen LogP contribution is 2.55. The van der Waals surface area contributed by atoms with E-state index in [9.17, 15) is 13.6 Å². The molecule has 4 heteroatoms. The van der Waals surface area contributed by atoms with E-state index >= 15 is 0 Å². The fourth-order valence-electron chi connectivity index (χ4n) is 1.43. The summed E-state index contributed by atoms with van der Waals surface area (Å²) in [6, 6.07) is 5.61. The lowest BCUT2D eigenvalue weighted by Gasteiger charge is -1.99. The summed E-state index contributed by atoms with van der Waals surface area (Å²) in [6.07, 6.45) is -0.126. The highest BCUT2D eigenvalue weighted by molar-refractivity contribution is 5.87. The highest BCUT2D eigenvalue weighted by Gasteiger charge is 2.57. The van der Waals surface area contributed by atoms with Crippen molar-refractivity contribution in [3.8, 4) is 0 Å². The first kappa shape index (κ1) is 9.12. The molecule has 0 spiro atoms. The first-order valence-corrected chi connectivity index (χ1v) is 4.22. The molecule has 0 radical (unpaired) electrons. The normalized spacial score (nSPS) is 23.1. The number of rotatable bonds is 2. The van der Waals surface area contributed by atoms with Crippen molar-refractivity contribution in [2.75, 3.05) is 0 Å². The maximum Gasteiger partial charge on any atom is 0.335 e. The molecule has 2 rings (SSSR count). The summed E-state index contributed by atoms with van der Waals surface area (Å²) >= 11 is 0. The largest absolute Gasteiger partial charge is 0.478 e. The van der Waals surface area contributed by atoms with Crippen molar-refractivity contribution in [1.82, 2.24) is 0 Å². The SMILES string of the molecule is O=C(O)c1ccc(C2CC2(F)F)cc1. The summed E-state index contributed by atoms with van der Waals surface area (Å²) in [6.45, 7) is 0. The maximum absolute atomic E-state index is 12.6. The van der Waals surface area contributed by atoms with Crippen molar-refractivity contribution in [3.05, 3.63) is 35.4 Å². The number of carbonyl (C=O) groups is 1. The van der Waals surface area contributed by atoms with Gasteiger partial charge in [0.25, 0.3) is 5.92 Å². The molecule has 1 aromatic rings. The third-order valence-electron chi connectivity index (χ3n) is 2.39. The monoisotopic (exact) mass is 198 g/mol. The predicted octanol–water partition coefficient (Wildman–Crippen LogP) is 2.51. The summed E-state index contributed by atoms with van der Waals surface area (Å²) in [5.74, 6) is -4.35. The van der Waals surface area contributed by atoms with Gasteiger partial charge < -0.3 is 5.11 Å². The molecule has 14 heavy (non-hydrogen) atoms. The molecular weight excluding hydrogens is 190 g/mol. The Labute approximate surface area is 79.2 Å².